The zero-order chi connectivity index (χ0) is 20.8. The van der Waals surface area contributed by atoms with Gasteiger partial charge in [0, 0.05) is 5.56 Å². The van der Waals surface area contributed by atoms with Crippen molar-refractivity contribution in [1.29, 1.82) is 0 Å². The van der Waals surface area contributed by atoms with E-state index in [1.54, 1.807) is 24.3 Å². The van der Waals surface area contributed by atoms with Crippen molar-refractivity contribution in [3.63, 3.8) is 0 Å². The molecule has 0 atom stereocenters. The molecule has 2 heterocycles. The molecule has 0 saturated carbocycles. The summed E-state index contributed by atoms with van der Waals surface area (Å²) in [7, 11) is 0. The number of carbonyl (C=O) groups is 1. The number of aromatic amines is 1. The van der Waals surface area contributed by atoms with Crippen LogP contribution in [0, 0.1) is 0 Å². The SMILES string of the molecule is CCCCOc1nc(N)c2[nH]c(=O)n(CCOc3ccccc3CC(=O)O)c2n1. The summed E-state index contributed by atoms with van der Waals surface area (Å²) in [4.78, 5) is 34.3. The van der Waals surface area contributed by atoms with E-state index in [-0.39, 0.29) is 31.4 Å². The first-order valence-electron chi connectivity index (χ1n) is 9.31. The molecule has 0 fully saturated rings. The van der Waals surface area contributed by atoms with Crippen LogP contribution in [0.2, 0.25) is 0 Å². The molecular weight excluding hydrogens is 378 g/mol. The number of nitrogen functional groups attached to an aromatic ring is 1. The number of carboxylic acid groups (broad SMARTS) is 1. The second-order valence-corrected chi connectivity index (χ2v) is 6.40. The Kier molecular flexibility index (Phi) is 6.32. The van der Waals surface area contributed by atoms with E-state index >= 15 is 0 Å². The topological polar surface area (TPSA) is 145 Å². The molecule has 0 aliphatic rings. The van der Waals surface area contributed by atoms with Crippen molar-refractivity contribution in [3.8, 4) is 11.8 Å². The Bertz CT molecular complexity index is 1060. The van der Waals surface area contributed by atoms with Crippen molar-refractivity contribution in [2.75, 3.05) is 18.9 Å². The second-order valence-electron chi connectivity index (χ2n) is 6.40. The summed E-state index contributed by atoms with van der Waals surface area (Å²) in [5.41, 5.74) is 6.76. The molecule has 0 aliphatic carbocycles. The number of hydrogen-bond acceptors (Lipinski definition) is 7. The zero-order valence-electron chi connectivity index (χ0n) is 16.1. The molecule has 0 bridgehead atoms. The highest BCUT2D eigenvalue weighted by Crippen LogP contribution is 2.20. The van der Waals surface area contributed by atoms with Crippen LogP contribution in [0.15, 0.2) is 29.1 Å². The third-order valence-electron chi connectivity index (χ3n) is 4.25. The molecule has 1 aromatic carbocycles. The summed E-state index contributed by atoms with van der Waals surface area (Å²) in [6, 6.07) is 7.00. The Balaban J connectivity index is 1.77. The number of rotatable bonds is 10. The Morgan fingerprint density at radius 1 is 1.24 bits per heavy atom. The number of nitrogens with one attached hydrogen (secondary N) is 1. The van der Waals surface area contributed by atoms with Crippen LogP contribution in [-0.4, -0.2) is 43.8 Å². The maximum absolute atomic E-state index is 12.3. The van der Waals surface area contributed by atoms with Gasteiger partial charge in [0.2, 0.25) is 0 Å². The third kappa shape index (κ3) is 4.84. The summed E-state index contributed by atoms with van der Waals surface area (Å²) >= 11 is 0. The molecule has 4 N–H and O–H groups in total. The normalized spacial score (nSPS) is 10.9. The molecule has 3 aromatic rings. The number of aliphatic carboxylic acids is 1. The van der Waals surface area contributed by atoms with Crippen molar-refractivity contribution in [1.82, 2.24) is 19.5 Å². The van der Waals surface area contributed by atoms with Gasteiger partial charge in [-0.05, 0) is 12.5 Å². The molecule has 0 unspecified atom stereocenters. The zero-order valence-corrected chi connectivity index (χ0v) is 16.1. The van der Waals surface area contributed by atoms with E-state index in [0.29, 0.717) is 29.1 Å². The number of H-pyrrole nitrogens is 1. The van der Waals surface area contributed by atoms with Crippen molar-refractivity contribution in [2.45, 2.75) is 32.7 Å². The molecule has 10 nitrogen and oxygen atoms in total. The van der Waals surface area contributed by atoms with Crippen LogP contribution in [-0.2, 0) is 17.8 Å². The first-order chi connectivity index (χ1) is 14.0. The number of carboxylic acids is 1. The number of aromatic nitrogens is 4. The molecule has 0 spiro atoms. The molecule has 0 amide bonds. The lowest BCUT2D eigenvalue weighted by Crippen LogP contribution is -2.21. The molecule has 0 saturated heterocycles. The van der Waals surface area contributed by atoms with Gasteiger partial charge in [-0.15, -0.1) is 0 Å². The van der Waals surface area contributed by atoms with Gasteiger partial charge in [-0.2, -0.15) is 9.97 Å². The van der Waals surface area contributed by atoms with E-state index in [1.807, 2.05) is 6.92 Å². The van der Waals surface area contributed by atoms with Gasteiger partial charge in [-0.25, -0.2) is 4.79 Å². The molecule has 2 aromatic heterocycles. The summed E-state index contributed by atoms with van der Waals surface area (Å²) in [5.74, 6) is -0.359. The number of anilines is 1. The fourth-order valence-corrected chi connectivity index (χ4v) is 2.81. The smallest absolute Gasteiger partial charge is 0.327 e. The quantitative estimate of drug-likeness (QED) is 0.434. The lowest BCUT2D eigenvalue weighted by atomic mass is 10.1. The van der Waals surface area contributed by atoms with E-state index in [4.69, 9.17) is 20.3 Å². The number of imidazole rings is 1. The predicted molar refractivity (Wildman–Crippen MR) is 106 cm³/mol. The highest BCUT2D eigenvalue weighted by Gasteiger charge is 2.15. The fraction of sp³-hybridized carbons (Fsp3) is 0.368. The highest BCUT2D eigenvalue weighted by atomic mass is 16.5. The van der Waals surface area contributed by atoms with Gasteiger partial charge >= 0.3 is 17.7 Å². The van der Waals surface area contributed by atoms with Crippen molar-refractivity contribution < 1.29 is 19.4 Å². The van der Waals surface area contributed by atoms with Gasteiger partial charge in [-0.3, -0.25) is 9.36 Å². The van der Waals surface area contributed by atoms with Crippen LogP contribution < -0.4 is 20.9 Å². The number of para-hydroxylation sites is 1. The van der Waals surface area contributed by atoms with Gasteiger partial charge in [0.05, 0.1) is 19.6 Å². The van der Waals surface area contributed by atoms with Gasteiger partial charge in [0.1, 0.15) is 17.9 Å². The van der Waals surface area contributed by atoms with Gasteiger partial charge in [-0.1, -0.05) is 31.5 Å². The van der Waals surface area contributed by atoms with Gasteiger partial charge < -0.3 is 25.3 Å². The fourth-order valence-electron chi connectivity index (χ4n) is 2.81. The Morgan fingerprint density at radius 2 is 2.03 bits per heavy atom. The minimum Gasteiger partial charge on any atom is -0.491 e. The van der Waals surface area contributed by atoms with E-state index < -0.39 is 11.7 Å². The monoisotopic (exact) mass is 401 g/mol. The molecule has 3 rings (SSSR count). The molecule has 0 aliphatic heterocycles. The number of nitrogens with two attached hydrogens (primary N) is 1. The molecule has 154 valence electrons. The van der Waals surface area contributed by atoms with Crippen molar-refractivity contribution >= 4 is 23.0 Å². The van der Waals surface area contributed by atoms with E-state index in [1.165, 1.54) is 4.57 Å². The Labute approximate surface area is 166 Å². The van der Waals surface area contributed by atoms with Gasteiger partial charge in [0.25, 0.3) is 0 Å². The summed E-state index contributed by atoms with van der Waals surface area (Å²) in [6.45, 7) is 2.82. The second kappa shape index (κ2) is 9.09. The number of benzene rings is 1. The van der Waals surface area contributed by atoms with Crippen LogP contribution in [0.3, 0.4) is 0 Å². The first-order valence-corrected chi connectivity index (χ1v) is 9.31. The Morgan fingerprint density at radius 3 is 2.79 bits per heavy atom. The minimum atomic E-state index is -0.948. The highest BCUT2D eigenvalue weighted by molar-refractivity contribution is 5.81. The van der Waals surface area contributed by atoms with Crippen LogP contribution in [0.4, 0.5) is 5.82 Å². The molecular formula is C19H23N5O5. The van der Waals surface area contributed by atoms with Gasteiger partial charge in [0.15, 0.2) is 11.5 Å². The number of hydrogen-bond donors (Lipinski definition) is 3. The summed E-state index contributed by atoms with van der Waals surface area (Å²) in [5, 5.41) is 9.01. The molecule has 29 heavy (non-hydrogen) atoms. The van der Waals surface area contributed by atoms with Crippen molar-refractivity contribution in [2.24, 2.45) is 0 Å². The average molecular weight is 401 g/mol. The van der Waals surface area contributed by atoms with E-state index in [9.17, 15) is 9.59 Å². The molecule has 10 heteroatoms. The van der Waals surface area contributed by atoms with Crippen LogP contribution >= 0.6 is 0 Å². The van der Waals surface area contributed by atoms with Crippen molar-refractivity contribution in [3.05, 3.63) is 40.3 Å². The van der Waals surface area contributed by atoms with Crippen LogP contribution in [0.25, 0.3) is 11.2 Å². The number of nitrogens with zero attached hydrogens (tertiary/aromatic N) is 3. The third-order valence-corrected chi connectivity index (χ3v) is 4.25. The summed E-state index contributed by atoms with van der Waals surface area (Å²) < 4.78 is 12.6. The standard InChI is InChI=1S/C19H23N5O5/c1-2-3-9-29-18-22-16(20)15-17(23-18)24(19(27)21-15)8-10-28-13-7-5-4-6-12(13)11-14(25)26/h4-7H,2-3,8-11H2,1H3,(H,21,27)(H,25,26)(H2,20,22,23). The Hall–Kier alpha value is -3.56. The number of unbranched alkanes of at least 4 members (excludes halogenated alkanes) is 1. The van der Waals surface area contributed by atoms with Crippen LogP contribution in [0.5, 0.6) is 11.8 Å². The number of fused-ring (bicyclic) bond motifs is 1. The van der Waals surface area contributed by atoms with E-state index in [0.717, 1.165) is 12.8 Å². The maximum atomic E-state index is 12.3. The van der Waals surface area contributed by atoms with E-state index in [2.05, 4.69) is 15.0 Å². The lowest BCUT2D eigenvalue weighted by molar-refractivity contribution is -0.136. The largest absolute Gasteiger partial charge is 0.491 e. The minimum absolute atomic E-state index is 0.115. The van der Waals surface area contributed by atoms with Crippen LogP contribution in [0.1, 0.15) is 25.3 Å². The molecule has 0 radical (unpaired) electrons. The number of ether oxygens (including phenoxy) is 2. The average Bonchev–Trinajstić information content (AvgIpc) is 2.99. The predicted octanol–water partition coefficient (Wildman–Crippen LogP) is 1.59. The first kappa shape index (κ1) is 20.2. The maximum Gasteiger partial charge on any atom is 0.327 e. The summed E-state index contributed by atoms with van der Waals surface area (Å²) in [6.07, 6.45) is 1.67. The lowest BCUT2D eigenvalue weighted by Gasteiger charge is -2.11.